The fraction of sp³-hybridized carbons (Fsp3) is 0.0417. The molecule has 0 fully saturated rings. The summed E-state index contributed by atoms with van der Waals surface area (Å²) in [6.07, 6.45) is -39.2. The number of halogens is 1. The van der Waals surface area contributed by atoms with E-state index in [-0.39, 0.29) is 0 Å². The number of rotatable bonds is 32. The van der Waals surface area contributed by atoms with Crippen molar-refractivity contribution in [2.24, 2.45) is 0 Å². The van der Waals surface area contributed by atoms with Gasteiger partial charge >= 0.3 is 0 Å². The summed E-state index contributed by atoms with van der Waals surface area (Å²) in [5, 5.41) is 0. The molecule has 63 radical (unpaired) electrons. The lowest BCUT2D eigenvalue weighted by atomic mass is 8.22. The van der Waals surface area contributed by atoms with Gasteiger partial charge in [-0.3, -0.25) is 4.98 Å². The minimum absolute atomic E-state index is 1.00. The molecule has 0 aliphatic rings. The summed E-state index contributed by atoms with van der Waals surface area (Å²) in [7, 11) is 206. The first-order valence-corrected chi connectivity index (χ1v) is 29.4. The van der Waals surface area contributed by atoms with Crippen LogP contribution >= 0.6 is 15.9 Å². The predicted molar refractivity (Wildman–Crippen MR) is 464 cm³/mol. The van der Waals surface area contributed by atoms with Crippen LogP contribution in [0, 0.1) is 6.92 Å². The summed E-state index contributed by atoms with van der Waals surface area (Å²) in [6, 6.07) is 29.4. The lowest BCUT2D eigenvalue weighted by Gasteiger charge is -2.59. The second-order valence-electron chi connectivity index (χ2n) is 23.2. The van der Waals surface area contributed by atoms with E-state index in [1.54, 1.807) is 0 Å². The van der Waals surface area contributed by atoms with Gasteiger partial charge in [0.25, 0.3) is 0 Å². The number of aryl methyl sites for hydroxylation is 1. The SMILES string of the molecule is Cc1cc(-c2ccc(-c3ccccc3Br)cc2)ncc1-c1ccccc1.[B][B]B(B([B])[B])B(B(B([B])[B])B([B])[B])B(B(B(B([B])[B])B([B])[B])B(B([B])[B])B([B])[B])B(B(B(B([B])[B])B([B])[B])B(B([B])[B])B([B])[B])B(B(B([B])[B])B([B])[B])B(B([B])[B])B([B])[B]. The molecular formula is C24H18B61BrN. The van der Waals surface area contributed by atoms with Crippen LogP contribution < -0.4 is 0 Å². The Morgan fingerprint density at radius 1 is 0.299 bits per heavy atom. The molecule has 1 nitrogen and oxygen atoms in total. The molecule has 3 aromatic carbocycles. The predicted octanol–water partition coefficient (Wildman–Crippen LogP) is -16.1. The maximum absolute atomic E-state index is 6.61. The fourth-order valence-electron chi connectivity index (χ4n) is 13.7. The van der Waals surface area contributed by atoms with Crippen molar-refractivity contribution < 1.29 is 0 Å². The van der Waals surface area contributed by atoms with Gasteiger partial charge in [0.1, 0.15) is 0 Å². The number of hydrogen-bond donors (Lipinski definition) is 0. The van der Waals surface area contributed by atoms with E-state index in [1.807, 2.05) is 18.3 Å². The van der Waals surface area contributed by atoms with E-state index < -0.39 is 185 Å². The second-order valence-corrected chi connectivity index (χ2v) is 24.1. The van der Waals surface area contributed by atoms with Crippen molar-refractivity contribution in [3.05, 3.63) is 101 Å². The largest absolute Gasteiger partial charge is 0.256 e. The van der Waals surface area contributed by atoms with E-state index in [0.29, 0.717) is 0 Å². The summed E-state index contributed by atoms with van der Waals surface area (Å²) in [4.78, 5) is 4.70. The number of aromatic nitrogens is 1. The molecule has 4 aromatic rings. The number of benzene rings is 3. The number of hydrogen-bond acceptors (Lipinski definition) is 1. The molecule has 1 heterocycles. The Kier molecular flexibility index (Phi) is 36.8. The molecule has 0 unspecified atom stereocenters. The van der Waals surface area contributed by atoms with Crippen molar-refractivity contribution >= 4 is 448 Å². The maximum atomic E-state index is 6.61. The summed E-state index contributed by atoms with van der Waals surface area (Å²) < 4.78 is 1.11. The Morgan fingerprint density at radius 3 is 0.851 bits per heavy atom. The van der Waals surface area contributed by atoms with Crippen LogP contribution in [0.15, 0.2) is 95.6 Å². The molecular weight excluding hydrogens is 1040 g/mol. The minimum atomic E-state index is -1.51. The Morgan fingerprint density at radius 2 is 0.563 bits per heavy atom. The average molecular weight is 1060 g/mol. The van der Waals surface area contributed by atoms with Crippen molar-refractivity contribution in [2.45, 2.75) is 6.92 Å². The molecule has 0 atom stereocenters. The molecule has 0 aliphatic heterocycles. The molecule has 63 heteroatoms. The zero-order valence-electron chi connectivity index (χ0n) is 49.7. The van der Waals surface area contributed by atoms with E-state index in [9.17, 15) is 0 Å². The van der Waals surface area contributed by atoms with Crippen LogP contribution in [0.2, 0.25) is 0 Å². The highest BCUT2D eigenvalue weighted by Gasteiger charge is 2.62. The van der Waals surface area contributed by atoms with Crippen LogP contribution in [-0.2, 0) is 0 Å². The highest BCUT2D eigenvalue weighted by Crippen LogP contribution is 2.32. The van der Waals surface area contributed by atoms with Crippen LogP contribution in [0.25, 0.3) is 33.5 Å². The second kappa shape index (κ2) is 38.9. The van der Waals surface area contributed by atoms with Crippen LogP contribution in [0.4, 0.5) is 0 Å². The van der Waals surface area contributed by atoms with Gasteiger partial charge in [0, 0.05) is 454 Å². The third-order valence-corrected chi connectivity index (χ3v) is 17.9. The monoisotopic (exact) mass is 1070 g/mol. The van der Waals surface area contributed by atoms with E-state index in [2.05, 4.69) is 95.7 Å². The first-order valence-electron chi connectivity index (χ1n) is 28.6. The zero-order chi connectivity index (χ0) is 66.4. The van der Waals surface area contributed by atoms with Gasteiger partial charge in [-0.05, 0) is 41.3 Å². The zero-order valence-corrected chi connectivity index (χ0v) is 51.3. The van der Waals surface area contributed by atoms with Crippen LogP contribution in [0.3, 0.4) is 0 Å². The molecule has 0 amide bonds. The van der Waals surface area contributed by atoms with Gasteiger partial charge in [0.15, 0.2) is 0 Å². The van der Waals surface area contributed by atoms with E-state index >= 15 is 0 Å². The topological polar surface area (TPSA) is 12.9 Å². The molecule has 0 bridgehead atoms. The molecule has 0 saturated heterocycles. The summed E-state index contributed by atoms with van der Waals surface area (Å²) in [6.45, 7) is 2.14. The van der Waals surface area contributed by atoms with Gasteiger partial charge in [-0.1, -0.05) is 88.7 Å². The highest BCUT2D eigenvalue weighted by atomic mass is 79.9. The molecule has 87 heavy (non-hydrogen) atoms. The van der Waals surface area contributed by atoms with E-state index in [4.69, 9.17) is 245 Å². The lowest BCUT2D eigenvalue weighted by Crippen LogP contribution is -2.97. The third kappa shape index (κ3) is 22.1. The minimum Gasteiger partial charge on any atom is -0.256 e. The smallest absolute Gasteiger partial charge is 0.0705 e. The molecule has 0 saturated carbocycles. The average Bonchev–Trinajstić information content (AvgIpc) is 0.782. The van der Waals surface area contributed by atoms with Crippen LogP contribution in [0.1, 0.15) is 5.56 Å². The summed E-state index contributed by atoms with van der Waals surface area (Å²) >= 11 is 3.62. The Bertz CT molecular complexity index is 2410. The van der Waals surface area contributed by atoms with Crippen molar-refractivity contribution in [2.75, 3.05) is 0 Å². The summed E-state index contributed by atoms with van der Waals surface area (Å²) in [5.41, 5.74) is 8.13. The highest BCUT2D eigenvalue weighted by molar-refractivity contribution is 9.10. The molecule has 0 aliphatic carbocycles. The van der Waals surface area contributed by atoms with Crippen molar-refractivity contribution in [1.82, 2.24) is 4.98 Å². The van der Waals surface area contributed by atoms with Crippen molar-refractivity contribution in [3.8, 4) is 33.5 Å². The maximum Gasteiger partial charge on any atom is 0.0705 e. The molecule has 1 aromatic heterocycles. The standard InChI is InChI=1S/C24H18BrN.B61/c1-17-15-24(26-16-22(17)18-7-3-2-4-8-18)20-13-11-19(12-14-20)21-9-5-6-10-23(21)25;1-32-48(33(2)3)56(49(34(4)5)35(6)7)60(57(50(36(8)9)37(10)11)51(38(12)13)39(14)15)61(58(52(40(16)17)41(18)19)53(42(20)21)43(22)23)59(54(44(24)25)45(26)27)55(46(28)29)47(30)31/h2-16H,1H3;. The van der Waals surface area contributed by atoms with Gasteiger partial charge in [0.05, 0.1) is 5.69 Å². The molecule has 309 valence electrons. The van der Waals surface area contributed by atoms with Crippen molar-refractivity contribution in [1.29, 1.82) is 0 Å². The first-order chi connectivity index (χ1) is 40.5. The van der Waals surface area contributed by atoms with Crippen LogP contribution in [0.5, 0.6) is 0 Å². The van der Waals surface area contributed by atoms with E-state index in [0.717, 1.165) is 22.8 Å². The lowest BCUT2D eigenvalue weighted by molar-refractivity contribution is 1.29. The quantitative estimate of drug-likeness (QED) is 0.0444. The Balaban J connectivity index is 0.000000619. The van der Waals surface area contributed by atoms with Gasteiger partial charge in [-0.15, -0.1) is 0 Å². The normalized spacial score (nSPS) is 10.0. The van der Waals surface area contributed by atoms with Gasteiger partial charge in [-0.2, -0.15) is 0 Å². The molecule has 4 rings (SSSR count). The molecule has 0 N–H and O–H groups in total. The third-order valence-electron chi connectivity index (χ3n) is 17.2. The first kappa shape index (κ1) is 82.5. The Hall–Kier alpha value is 1.25. The number of nitrogens with zero attached hydrogens (tertiary/aromatic N) is 1. The number of pyridine rings is 1. The van der Waals surface area contributed by atoms with E-state index in [1.165, 1.54) is 27.8 Å². The molecule has 0 spiro atoms. The van der Waals surface area contributed by atoms with Crippen molar-refractivity contribution in [3.63, 3.8) is 0 Å². The summed E-state index contributed by atoms with van der Waals surface area (Å²) in [5.74, 6) is 0. The van der Waals surface area contributed by atoms with Gasteiger partial charge in [-0.25, -0.2) is 0 Å². The Labute approximate surface area is 589 Å². The van der Waals surface area contributed by atoms with Gasteiger partial charge < -0.3 is 0 Å². The van der Waals surface area contributed by atoms with Crippen LogP contribution in [-0.4, -0.2) is 437 Å². The fourth-order valence-corrected chi connectivity index (χ4v) is 14.2. The van der Waals surface area contributed by atoms with Gasteiger partial charge in [0.2, 0.25) is 0 Å².